The molecular weight excluding hydrogens is 124 g/mol. The van der Waals surface area contributed by atoms with E-state index in [9.17, 15) is 0 Å². The lowest BCUT2D eigenvalue weighted by molar-refractivity contribution is 1.31. The lowest BCUT2D eigenvalue weighted by Gasteiger charge is -1.95. The maximum atomic E-state index is 2.28. The first-order valence-corrected chi connectivity index (χ1v) is 4.87. The molecule has 0 atom stereocenters. The zero-order valence-corrected chi connectivity index (χ0v) is 8.12. The second kappa shape index (κ2) is 2.14. The highest BCUT2D eigenvalue weighted by molar-refractivity contribution is 6.55. The lowest BCUT2D eigenvalue weighted by Crippen LogP contribution is -1.87. The third-order valence-electron chi connectivity index (χ3n) is 2.37. The Morgan fingerprint density at radius 2 is 1.11 bits per heavy atom. The maximum absolute atomic E-state index is 2.28. The Morgan fingerprint density at radius 3 is 1.22 bits per heavy atom. The van der Waals surface area contributed by atoms with E-state index in [1.165, 1.54) is 0 Å². The largest absolute Gasteiger partial charge is 0.0829 e. The molecule has 1 heteroatoms. The Bertz CT molecular complexity index is 175. The van der Waals surface area contributed by atoms with Crippen molar-refractivity contribution >= 4 is 9.52 Å². The van der Waals surface area contributed by atoms with Gasteiger partial charge < -0.3 is 0 Å². The predicted octanol–water partition coefficient (Wildman–Crippen LogP) is 1.76. The number of hydrogen-bond acceptors (Lipinski definition) is 0. The number of rotatable bonds is 0. The number of hydrogen-bond donors (Lipinski definition) is 0. The first kappa shape index (κ1) is 6.81. The molecule has 0 fully saturated rings. The standard InChI is InChI=1S/C8H14Si/c1-5-6(2)8(4)9-7(5)3/h9H2,1-4H3. The van der Waals surface area contributed by atoms with E-state index in [0.29, 0.717) is 0 Å². The molecule has 0 radical (unpaired) electrons. The normalized spacial score (nSPS) is 20.0. The van der Waals surface area contributed by atoms with Gasteiger partial charge in [0.05, 0.1) is 9.52 Å². The summed E-state index contributed by atoms with van der Waals surface area (Å²) in [6, 6.07) is 0. The molecule has 0 spiro atoms. The zero-order chi connectivity index (χ0) is 7.02. The van der Waals surface area contributed by atoms with Gasteiger partial charge >= 0.3 is 0 Å². The highest BCUT2D eigenvalue weighted by Gasteiger charge is 2.10. The Kier molecular flexibility index (Phi) is 1.62. The maximum Gasteiger partial charge on any atom is 0.0773 e. The molecule has 1 aliphatic rings. The fourth-order valence-electron chi connectivity index (χ4n) is 1.30. The topological polar surface area (TPSA) is 0 Å². The fraction of sp³-hybridized carbons (Fsp3) is 0.500. The summed E-state index contributed by atoms with van der Waals surface area (Å²) in [7, 11) is 0.0563. The van der Waals surface area contributed by atoms with Crippen molar-refractivity contribution in [3.63, 3.8) is 0 Å². The molecular formula is C8H14Si. The van der Waals surface area contributed by atoms with Crippen molar-refractivity contribution in [1.29, 1.82) is 0 Å². The summed E-state index contributed by atoms with van der Waals surface area (Å²) in [6.07, 6.45) is 0. The van der Waals surface area contributed by atoms with Crippen LogP contribution in [-0.2, 0) is 0 Å². The molecule has 9 heavy (non-hydrogen) atoms. The van der Waals surface area contributed by atoms with E-state index < -0.39 is 0 Å². The minimum atomic E-state index is 0.0563. The van der Waals surface area contributed by atoms with Crippen LogP contribution >= 0.6 is 0 Å². The highest BCUT2D eigenvalue weighted by Crippen LogP contribution is 2.24. The molecule has 0 aliphatic carbocycles. The Labute approximate surface area is 59.5 Å². The van der Waals surface area contributed by atoms with Gasteiger partial charge in [-0.1, -0.05) is 21.5 Å². The monoisotopic (exact) mass is 138 g/mol. The predicted molar refractivity (Wildman–Crippen MR) is 45.3 cm³/mol. The molecule has 0 bridgehead atoms. The fourth-order valence-corrected chi connectivity index (χ4v) is 3.16. The van der Waals surface area contributed by atoms with Gasteiger partial charge in [-0.2, -0.15) is 0 Å². The summed E-state index contributed by atoms with van der Waals surface area (Å²) in [4.78, 5) is 0. The van der Waals surface area contributed by atoms with Crippen molar-refractivity contribution in [3.8, 4) is 0 Å². The first-order valence-electron chi connectivity index (χ1n) is 3.46. The summed E-state index contributed by atoms with van der Waals surface area (Å²) >= 11 is 0. The van der Waals surface area contributed by atoms with Gasteiger partial charge in [0.15, 0.2) is 0 Å². The third kappa shape index (κ3) is 1.01. The van der Waals surface area contributed by atoms with Crippen LogP contribution in [0.4, 0.5) is 0 Å². The van der Waals surface area contributed by atoms with E-state index in [0.717, 1.165) is 0 Å². The van der Waals surface area contributed by atoms with E-state index in [4.69, 9.17) is 0 Å². The van der Waals surface area contributed by atoms with Gasteiger partial charge in [0.1, 0.15) is 0 Å². The average Bonchev–Trinajstić information content (AvgIpc) is 1.98. The van der Waals surface area contributed by atoms with Crippen LogP contribution < -0.4 is 0 Å². The molecule has 0 aromatic heterocycles. The summed E-state index contributed by atoms with van der Waals surface area (Å²) in [5, 5.41) is 3.37. The summed E-state index contributed by atoms with van der Waals surface area (Å²) in [5.74, 6) is 0. The Hall–Kier alpha value is -0.303. The molecule has 0 amide bonds. The van der Waals surface area contributed by atoms with E-state index in [-0.39, 0.29) is 9.52 Å². The van der Waals surface area contributed by atoms with Crippen LogP contribution in [-0.4, -0.2) is 9.52 Å². The van der Waals surface area contributed by atoms with Gasteiger partial charge in [0, 0.05) is 0 Å². The zero-order valence-electron chi connectivity index (χ0n) is 6.71. The molecule has 1 heterocycles. The van der Waals surface area contributed by atoms with Crippen LogP contribution in [0, 0.1) is 0 Å². The van der Waals surface area contributed by atoms with E-state index in [1.54, 1.807) is 21.5 Å². The Balaban J connectivity index is 2.97. The van der Waals surface area contributed by atoms with E-state index >= 15 is 0 Å². The van der Waals surface area contributed by atoms with Crippen molar-refractivity contribution in [2.24, 2.45) is 0 Å². The second-order valence-electron chi connectivity index (χ2n) is 2.99. The molecule has 1 rings (SSSR count). The minimum Gasteiger partial charge on any atom is -0.0829 e. The van der Waals surface area contributed by atoms with Crippen LogP contribution in [0.2, 0.25) is 0 Å². The average molecular weight is 138 g/mol. The Morgan fingerprint density at radius 1 is 0.778 bits per heavy atom. The first-order chi connectivity index (χ1) is 4.13. The van der Waals surface area contributed by atoms with Gasteiger partial charge in [0.2, 0.25) is 0 Å². The molecule has 0 saturated carbocycles. The van der Waals surface area contributed by atoms with Crippen molar-refractivity contribution in [2.75, 3.05) is 0 Å². The number of allylic oxidation sites excluding steroid dienone is 4. The van der Waals surface area contributed by atoms with Crippen LogP contribution in [0.25, 0.3) is 0 Å². The molecule has 0 N–H and O–H groups in total. The van der Waals surface area contributed by atoms with Crippen LogP contribution in [0.1, 0.15) is 27.7 Å². The summed E-state index contributed by atoms with van der Waals surface area (Å²) in [5.41, 5.74) is 3.14. The van der Waals surface area contributed by atoms with Crippen LogP contribution in [0.15, 0.2) is 21.5 Å². The van der Waals surface area contributed by atoms with Gasteiger partial charge in [-0.3, -0.25) is 0 Å². The molecule has 1 aliphatic heterocycles. The summed E-state index contributed by atoms with van der Waals surface area (Å²) < 4.78 is 0. The van der Waals surface area contributed by atoms with Crippen LogP contribution in [0.5, 0.6) is 0 Å². The van der Waals surface area contributed by atoms with Crippen molar-refractivity contribution in [1.82, 2.24) is 0 Å². The lowest BCUT2D eigenvalue weighted by atomic mass is 10.1. The molecule has 0 nitrogen and oxygen atoms in total. The van der Waals surface area contributed by atoms with Gasteiger partial charge in [0.25, 0.3) is 0 Å². The van der Waals surface area contributed by atoms with Crippen LogP contribution in [0.3, 0.4) is 0 Å². The van der Waals surface area contributed by atoms with Gasteiger partial charge in [-0.05, 0) is 27.7 Å². The third-order valence-corrected chi connectivity index (χ3v) is 4.49. The van der Waals surface area contributed by atoms with Crippen molar-refractivity contribution < 1.29 is 0 Å². The molecule has 0 unspecified atom stereocenters. The molecule has 50 valence electrons. The van der Waals surface area contributed by atoms with E-state index in [1.807, 2.05) is 0 Å². The molecule has 0 saturated heterocycles. The van der Waals surface area contributed by atoms with Gasteiger partial charge in [-0.25, -0.2) is 0 Å². The van der Waals surface area contributed by atoms with E-state index in [2.05, 4.69) is 27.7 Å². The van der Waals surface area contributed by atoms with Crippen molar-refractivity contribution in [3.05, 3.63) is 21.5 Å². The SMILES string of the molecule is CC1=C(C)C(C)=C(C)[SiH2]1. The summed E-state index contributed by atoms with van der Waals surface area (Å²) in [6.45, 7) is 9.05. The molecule has 0 aromatic carbocycles. The van der Waals surface area contributed by atoms with Crippen molar-refractivity contribution in [2.45, 2.75) is 27.7 Å². The van der Waals surface area contributed by atoms with Gasteiger partial charge in [-0.15, -0.1) is 0 Å². The highest BCUT2D eigenvalue weighted by atomic mass is 28.2. The quantitative estimate of drug-likeness (QED) is 0.447. The second-order valence-corrected chi connectivity index (χ2v) is 5.46. The minimum absolute atomic E-state index is 0.0563. The smallest absolute Gasteiger partial charge is 0.0773 e. The molecule has 0 aromatic rings.